The van der Waals surface area contributed by atoms with Crippen LogP contribution < -0.4 is 5.73 Å². The number of hydrogen-bond donors (Lipinski definition) is 1. The molecule has 0 radical (unpaired) electrons. The van der Waals surface area contributed by atoms with Crippen molar-refractivity contribution in [3.8, 4) is 0 Å². The van der Waals surface area contributed by atoms with E-state index < -0.39 is 9.84 Å². The van der Waals surface area contributed by atoms with Crippen molar-refractivity contribution in [3.63, 3.8) is 0 Å². The van der Waals surface area contributed by atoms with E-state index in [0.717, 1.165) is 12.3 Å². The Morgan fingerprint density at radius 3 is 2.68 bits per heavy atom. The molecule has 104 valence electrons. The second kappa shape index (κ2) is 4.67. The van der Waals surface area contributed by atoms with Gasteiger partial charge in [-0.3, -0.25) is 0 Å². The lowest BCUT2D eigenvalue weighted by molar-refractivity contribution is 0.360. The molecule has 1 aromatic carbocycles. The van der Waals surface area contributed by atoms with Crippen LogP contribution in [-0.2, 0) is 9.84 Å². The Balaban J connectivity index is 1.85. The van der Waals surface area contributed by atoms with Gasteiger partial charge in [0.1, 0.15) is 0 Å². The summed E-state index contributed by atoms with van der Waals surface area (Å²) in [5.74, 6) is 1.88. The maximum Gasteiger partial charge on any atom is 0.180 e. The van der Waals surface area contributed by atoms with Gasteiger partial charge < -0.3 is 5.73 Å². The van der Waals surface area contributed by atoms with Gasteiger partial charge in [0.2, 0.25) is 0 Å². The quantitative estimate of drug-likeness (QED) is 0.872. The molecule has 2 saturated carbocycles. The zero-order valence-corrected chi connectivity index (χ0v) is 12.3. The fourth-order valence-electron chi connectivity index (χ4n) is 3.73. The number of fused-ring (bicyclic) bond motifs is 2. The van der Waals surface area contributed by atoms with E-state index in [2.05, 4.69) is 0 Å². The van der Waals surface area contributed by atoms with Gasteiger partial charge in [-0.25, -0.2) is 8.42 Å². The van der Waals surface area contributed by atoms with E-state index in [1.54, 1.807) is 12.1 Å². The van der Waals surface area contributed by atoms with Crippen molar-refractivity contribution in [3.05, 3.63) is 23.2 Å². The third-order valence-corrected chi connectivity index (χ3v) is 6.75. The van der Waals surface area contributed by atoms with Crippen LogP contribution in [0.3, 0.4) is 0 Å². The summed E-state index contributed by atoms with van der Waals surface area (Å²) in [7, 11) is -3.33. The predicted molar refractivity (Wildman–Crippen MR) is 76.9 cm³/mol. The van der Waals surface area contributed by atoms with Crippen molar-refractivity contribution < 1.29 is 8.42 Å². The molecule has 0 spiro atoms. The molecule has 19 heavy (non-hydrogen) atoms. The van der Waals surface area contributed by atoms with Gasteiger partial charge in [-0.1, -0.05) is 18.0 Å². The zero-order valence-electron chi connectivity index (χ0n) is 10.7. The average molecular weight is 300 g/mol. The topological polar surface area (TPSA) is 60.2 Å². The molecule has 0 aromatic heterocycles. The number of halogens is 1. The molecule has 3 rings (SSSR count). The number of hydrogen-bond acceptors (Lipinski definition) is 3. The molecule has 0 amide bonds. The summed E-state index contributed by atoms with van der Waals surface area (Å²) < 4.78 is 25.0. The van der Waals surface area contributed by atoms with E-state index in [-0.39, 0.29) is 10.6 Å². The molecule has 0 aliphatic heterocycles. The standard InChI is InChI=1S/C14H18ClNO2S/c15-12-3-4-13(16)14(7-12)19(17,18)8-11-6-9-1-2-10(11)5-9/h3-4,7,9-11H,1-2,5-6,8,16H2. The first-order valence-electron chi connectivity index (χ1n) is 6.73. The molecule has 2 aliphatic rings. The Hall–Kier alpha value is -0.740. The van der Waals surface area contributed by atoms with Gasteiger partial charge >= 0.3 is 0 Å². The fourth-order valence-corrected chi connectivity index (χ4v) is 5.85. The minimum atomic E-state index is -3.33. The molecule has 0 saturated heterocycles. The lowest BCUT2D eigenvalue weighted by atomic mass is 9.90. The summed E-state index contributed by atoms with van der Waals surface area (Å²) in [6, 6.07) is 4.66. The van der Waals surface area contributed by atoms with E-state index in [4.69, 9.17) is 17.3 Å². The average Bonchev–Trinajstić information content (AvgIpc) is 2.93. The van der Waals surface area contributed by atoms with Crippen LogP contribution in [0.5, 0.6) is 0 Å². The smallest absolute Gasteiger partial charge is 0.180 e. The van der Waals surface area contributed by atoms with Gasteiger partial charge in [-0.2, -0.15) is 0 Å². The Morgan fingerprint density at radius 1 is 1.26 bits per heavy atom. The van der Waals surface area contributed by atoms with Gasteiger partial charge in [0.25, 0.3) is 0 Å². The van der Waals surface area contributed by atoms with Gasteiger partial charge in [0.05, 0.1) is 16.3 Å². The number of sulfone groups is 1. The number of benzene rings is 1. The highest BCUT2D eigenvalue weighted by molar-refractivity contribution is 7.91. The summed E-state index contributed by atoms with van der Waals surface area (Å²) >= 11 is 5.88. The van der Waals surface area contributed by atoms with Crippen molar-refractivity contribution in [1.82, 2.24) is 0 Å². The van der Waals surface area contributed by atoms with Gasteiger partial charge in [-0.05, 0) is 55.2 Å². The molecule has 2 fully saturated rings. The lowest BCUT2D eigenvalue weighted by Crippen LogP contribution is -2.22. The normalized spacial score (nSPS) is 29.8. The zero-order chi connectivity index (χ0) is 13.6. The third-order valence-electron chi connectivity index (χ3n) is 4.63. The first-order chi connectivity index (χ1) is 8.95. The first kappa shape index (κ1) is 13.3. The van der Waals surface area contributed by atoms with Crippen molar-refractivity contribution in [2.24, 2.45) is 17.8 Å². The van der Waals surface area contributed by atoms with E-state index in [1.165, 1.54) is 25.3 Å². The highest BCUT2D eigenvalue weighted by Gasteiger charge is 2.41. The molecule has 3 atom stereocenters. The Labute approximate surface area is 119 Å². The summed E-state index contributed by atoms with van der Waals surface area (Å²) in [6.07, 6.45) is 4.74. The number of anilines is 1. The largest absolute Gasteiger partial charge is 0.398 e. The minimum absolute atomic E-state index is 0.197. The van der Waals surface area contributed by atoms with Gasteiger partial charge in [0.15, 0.2) is 9.84 Å². The molecule has 1 aromatic rings. The van der Waals surface area contributed by atoms with Crippen molar-refractivity contribution in [2.75, 3.05) is 11.5 Å². The maximum absolute atomic E-state index is 12.5. The van der Waals surface area contributed by atoms with Crippen LogP contribution in [0.15, 0.2) is 23.1 Å². The molecule has 5 heteroatoms. The summed E-state index contributed by atoms with van der Waals surface area (Å²) in [6.45, 7) is 0. The van der Waals surface area contributed by atoms with Gasteiger partial charge in [-0.15, -0.1) is 0 Å². The molecule has 2 N–H and O–H groups in total. The Bertz CT molecular complexity index is 599. The van der Waals surface area contributed by atoms with Crippen LogP contribution in [0.1, 0.15) is 25.7 Å². The first-order valence-corrected chi connectivity index (χ1v) is 8.76. The summed E-state index contributed by atoms with van der Waals surface area (Å²) in [4.78, 5) is 0.197. The van der Waals surface area contributed by atoms with E-state index in [1.807, 2.05) is 0 Å². The monoisotopic (exact) mass is 299 g/mol. The SMILES string of the molecule is Nc1ccc(Cl)cc1S(=O)(=O)CC1CC2CCC1C2. The van der Waals surface area contributed by atoms with E-state index in [0.29, 0.717) is 22.5 Å². The Morgan fingerprint density at radius 2 is 2.05 bits per heavy atom. The van der Waals surface area contributed by atoms with Crippen LogP contribution in [0.2, 0.25) is 5.02 Å². The number of rotatable bonds is 3. The van der Waals surface area contributed by atoms with Crippen molar-refractivity contribution >= 4 is 27.1 Å². The van der Waals surface area contributed by atoms with Crippen LogP contribution in [-0.4, -0.2) is 14.2 Å². The molecule has 0 heterocycles. The van der Waals surface area contributed by atoms with E-state index >= 15 is 0 Å². The molecular weight excluding hydrogens is 282 g/mol. The van der Waals surface area contributed by atoms with Crippen LogP contribution >= 0.6 is 11.6 Å². The van der Waals surface area contributed by atoms with Crippen LogP contribution in [0, 0.1) is 17.8 Å². The van der Waals surface area contributed by atoms with E-state index in [9.17, 15) is 8.42 Å². The second-order valence-electron chi connectivity index (χ2n) is 5.90. The summed E-state index contributed by atoms with van der Waals surface area (Å²) in [5, 5.41) is 0.417. The summed E-state index contributed by atoms with van der Waals surface area (Å²) in [5.41, 5.74) is 6.09. The maximum atomic E-state index is 12.5. The molecular formula is C14H18ClNO2S. The molecule has 3 nitrogen and oxygen atoms in total. The number of nitrogens with two attached hydrogens (primary N) is 1. The van der Waals surface area contributed by atoms with Crippen molar-refractivity contribution in [1.29, 1.82) is 0 Å². The lowest BCUT2D eigenvalue weighted by Gasteiger charge is -2.21. The Kier molecular flexibility index (Phi) is 3.26. The third kappa shape index (κ3) is 2.48. The molecule has 3 unspecified atom stereocenters. The fraction of sp³-hybridized carbons (Fsp3) is 0.571. The minimum Gasteiger partial charge on any atom is -0.398 e. The highest BCUT2D eigenvalue weighted by Crippen LogP contribution is 2.49. The van der Waals surface area contributed by atoms with Crippen LogP contribution in [0.4, 0.5) is 5.69 Å². The molecule has 2 bridgehead atoms. The number of nitrogen functional groups attached to an aromatic ring is 1. The second-order valence-corrected chi connectivity index (χ2v) is 8.34. The molecule has 2 aliphatic carbocycles. The highest BCUT2D eigenvalue weighted by atomic mass is 35.5. The van der Waals surface area contributed by atoms with Gasteiger partial charge in [0, 0.05) is 5.02 Å². The van der Waals surface area contributed by atoms with Crippen LogP contribution in [0.25, 0.3) is 0 Å². The van der Waals surface area contributed by atoms with Crippen molar-refractivity contribution in [2.45, 2.75) is 30.6 Å². The predicted octanol–water partition coefficient (Wildman–Crippen LogP) is 3.13.